The third-order valence-electron chi connectivity index (χ3n) is 3.23. The van der Waals surface area contributed by atoms with Crippen LogP contribution in [0.25, 0.3) is 0 Å². The summed E-state index contributed by atoms with van der Waals surface area (Å²) >= 11 is 1.74. The maximum Gasteiger partial charge on any atom is 0.573 e. The molecule has 0 aliphatic heterocycles. The fourth-order valence-electron chi connectivity index (χ4n) is 2.12. The fraction of sp³-hybridized carbons (Fsp3) is 0.562. The predicted octanol–water partition coefficient (Wildman–Crippen LogP) is 5.63. The molecule has 0 saturated carbocycles. The topological polar surface area (TPSA) is 55.8 Å². The van der Waals surface area contributed by atoms with Gasteiger partial charge in [-0.05, 0) is 41.1 Å². The molecule has 0 aliphatic rings. The minimum atomic E-state index is -4.88. The highest BCUT2D eigenvalue weighted by atomic mass is 127. The highest BCUT2D eigenvalue weighted by Gasteiger charge is 2.32. The molecule has 0 aliphatic carbocycles. The number of alkyl halides is 3. The Labute approximate surface area is 152 Å². The third-order valence-corrected chi connectivity index (χ3v) is 4.03. The zero-order valence-electron chi connectivity index (χ0n) is 13.3. The Kier molecular flexibility index (Phi) is 8.65. The van der Waals surface area contributed by atoms with Crippen molar-refractivity contribution in [1.29, 1.82) is 0 Å². The van der Waals surface area contributed by atoms with Crippen LogP contribution in [-0.2, 0) is 0 Å². The highest BCUT2D eigenvalue weighted by Crippen LogP contribution is 2.33. The van der Waals surface area contributed by atoms with Gasteiger partial charge in [-0.2, -0.15) is 0 Å². The van der Waals surface area contributed by atoms with Crippen LogP contribution in [0.5, 0.6) is 11.5 Å². The highest BCUT2D eigenvalue weighted by molar-refractivity contribution is 14.1. The van der Waals surface area contributed by atoms with E-state index in [2.05, 4.69) is 11.7 Å². The zero-order valence-corrected chi connectivity index (χ0v) is 15.4. The molecule has 1 rings (SSSR count). The zero-order chi connectivity index (χ0) is 18.2. The van der Waals surface area contributed by atoms with Crippen LogP contribution in [0.1, 0.15) is 55.8 Å². The van der Waals surface area contributed by atoms with Crippen molar-refractivity contribution in [3.05, 3.63) is 21.3 Å². The van der Waals surface area contributed by atoms with Crippen LogP contribution < -0.4 is 9.47 Å². The van der Waals surface area contributed by atoms with Crippen LogP contribution in [0.2, 0.25) is 0 Å². The van der Waals surface area contributed by atoms with E-state index < -0.39 is 18.1 Å². The Balaban J connectivity index is 2.70. The van der Waals surface area contributed by atoms with Gasteiger partial charge in [-0.3, -0.25) is 0 Å². The van der Waals surface area contributed by atoms with E-state index in [0.717, 1.165) is 44.2 Å². The van der Waals surface area contributed by atoms with Gasteiger partial charge < -0.3 is 14.6 Å². The monoisotopic (exact) mass is 460 g/mol. The van der Waals surface area contributed by atoms with E-state index in [1.54, 1.807) is 22.6 Å². The van der Waals surface area contributed by atoms with E-state index in [9.17, 15) is 23.1 Å². The lowest BCUT2D eigenvalue weighted by Gasteiger charge is -2.14. The van der Waals surface area contributed by atoms with E-state index in [4.69, 9.17) is 4.74 Å². The lowest BCUT2D eigenvalue weighted by molar-refractivity contribution is -0.274. The minimum Gasteiger partial charge on any atom is -0.492 e. The van der Waals surface area contributed by atoms with Crippen LogP contribution in [0.4, 0.5) is 13.2 Å². The number of hydrogen-bond donors (Lipinski definition) is 1. The van der Waals surface area contributed by atoms with Gasteiger partial charge in [0, 0.05) is 0 Å². The Morgan fingerprint density at radius 2 is 1.79 bits per heavy atom. The number of carbonyl (C=O) groups is 1. The van der Waals surface area contributed by atoms with Crippen molar-refractivity contribution in [3.8, 4) is 11.5 Å². The lowest BCUT2D eigenvalue weighted by atomic mass is 10.1. The molecular formula is C16H20F3IO4. The number of benzene rings is 1. The smallest absolute Gasteiger partial charge is 0.492 e. The number of ether oxygens (including phenoxy) is 2. The standard InChI is InChI=1S/C16H20F3IO4/c1-2-3-4-5-6-7-8-23-14-12(15(21)22)9-11(10-13(14)20)24-16(17,18)19/h9-10H,2-8H2,1H3,(H,21,22). The summed E-state index contributed by atoms with van der Waals surface area (Å²) in [6, 6.07) is 1.94. The molecule has 136 valence electrons. The largest absolute Gasteiger partial charge is 0.573 e. The second-order valence-corrected chi connectivity index (χ2v) is 6.41. The predicted molar refractivity (Wildman–Crippen MR) is 91.7 cm³/mol. The van der Waals surface area contributed by atoms with Gasteiger partial charge in [0.1, 0.15) is 17.1 Å². The molecule has 0 fully saturated rings. The SMILES string of the molecule is CCCCCCCCOc1c(I)cc(OC(F)(F)F)cc1C(=O)O. The average Bonchev–Trinajstić information content (AvgIpc) is 2.45. The van der Waals surface area contributed by atoms with Gasteiger partial charge in [0.15, 0.2) is 0 Å². The van der Waals surface area contributed by atoms with Gasteiger partial charge in [0.25, 0.3) is 0 Å². The summed E-state index contributed by atoms with van der Waals surface area (Å²) < 4.78 is 46.4. The quantitative estimate of drug-likeness (QED) is 0.364. The second-order valence-electron chi connectivity index (χ2n) is 5.25. The number of unbranched alkanes of at least 4 members (excludes halogenated alkanes) is 5. The van der Waals surface area contributed by atoms with Crippen molar-refractivity contribution in [2.75, 3.05) is 6.61 Å². The molecule has 4 nitrogen and oxygen atoms in total. The number of aromatic carboxylic acids is 1. The first-order valence-corrected chi connectivity index (χ1v) is 8.78. The summed E-state index contributed by atoms with van der Waals surface area (Å²) in [6.45, 7) is 2.45. The van der Waals surface area contributed by atoms with Crippen molar-refractivity contribution in [3.63, 3.8) is 0 Å². The normalized spacial score (nSPS) is 11.4. The summed E-state index contributed by atoms with van der Waals surface area (Å²) in [5, 5.41) is 9.19. The van der Waals surface area contributed by atoms with E-state index in [1.807, 2.05) is 0 Å². The molecule has 0 radical (unpaired) electrons. The first-order valence-electron chi connectivity index (χ1n) is 7.70. The molecule has 0 bridgehead atoms. The first-order chi connectivity index (χ1) is 11.2. The molecule has 1 aromatic carbocycles. The minimum absolute atomic E-state index is 0.0752. The lowest BCUT2D eigenvalue weighted by Crippen LogP contribution is -2.18. The Hall–Kier alpha value is -1.19. The van der Waals surface area contributed by atoms with Crippen LogP contribution >= 0.6 is 22.6 Å². The summed E-state index contributed by atoms with van der Waals surface area (Å²) in [5.41, 5.74) is -0.341. The molecule has 0 saturated heterocycles. The van der Waals surface area contributed by atoms with Crippen molar-refractivity contribution >= 4 is 28.6 Å². The van der Waals surface area contributed by atoms with Crippen LogP contribution in [0.15, 0.2) is 12.1 Å². The maximum absolute atomic E-state index is 12.3. The molecule has 0 atom stereocenters. The molecule has 0 aromatic heterocycles. The van der Waals surface area contributed by atoms with Gasteiger partial charge in [0.2, 0.25) is 0 Å². The fourth-order valence-corrected chi connectivity index (χ4v) is 2.88. The van der Waals surface area contributed by atoms with Crippen molar-refractivity contribution in [2.45, 2.75) is 51.8 Å². The molecule has 0 heterocycles. The van der Waals surface area contributed by atoms with Gasteiger partial charge in [0.05, 0.1) is 10.2 Å². The second kappa shape index (κ2) is 9.95. The Morgan fingerprint density at radius 3 is 2.38 bits per heavy atom. The summed E-state index contributed by atoms with van der Waals surface area (Å²) in [4.78, 5) is 11.3. The maximum atomic E-state index is 12.3. The van der Waals surface area contributed by atoms with E-state index >= 15 is 0 Å². The average molecular weight is 460 g/mol. The van der Waals surface area contributed by atoms with E-state index in [1.165, 1.54) is 6.42 Å². The molecule has 24 heavy (non-hydrogen) atoms. The van der Waals surface area contributed by atoms with Gasteiger partial charge >= 0.3 is 12.3 Å². The van der Waals surface area contributed by atoms with E-state index in [0.29, 0.717) is 6.61 Å². The van der Waals surface area contributed by atoms with Gasteiger partial charge in [-0.1, -0.05) is 39.0 Å². The summed E-state index contributed by atoms with van der Waals surface area (Å²) in [7, 11) is 0. The molecule has 0 amide bonds. The Morgan fingerprint density at radius 1 is 1.17 bits per heavy atom. The molecule has 0 spiro atoms. The number of halogens is 4. The number of carboxylic acid groups (broad SMARTS) is 1. The molecular weight excluding hydrogens is 440 g/mol. The van der Waals surface area contributed by atoms with Crippen molar-refractivity contribution < 1.29 is 32.5 Å². The van der Waals surface area contributed by atoms with Gasteiger partial charge in [-0.15, -0.1) is 13.2 Å². The third kappa shape index (κ3) is 7.59. The first kappa shape index (κ1) is 20.9. The number of carboxylic acids is 1. The Bertz CT molecular complexity index is 547. The number of rotatable bonds is 10. The van der Waals surface area contributed by atoms with Crippen molar-refractivity contribution in [2.24, 2.45) is 0 Å². The molecule has 8 heteroatoms. The summed E-state index contributed by atoms with van der Waals surface area (Å²) in [6.07, 6.45) is 1.43. The molecule has 0 unspecified atom stereocenters. The van der Waals surface area contributed by atoms with Crippen LogP contribution in [0, 0.1) is 3.57 Å². The number of hydrogen-bond acceptors (Lipinski definition) is 3. The molecule has 1 N–H and O–H groups in total. The van der Waals surface area contributed by atoms with E-state index in [-0.39, 0.29) is 14.9 Å². The van der Waals surface area contributed by atoms with Crippen LogP contribution in [0.3, 0.4) is 0 Å². The van der Waals surface area contributed by atoms with Crippen LogP contribution in [-0.4, -0.2) is 24.0 Å². The van der Waals surface area contributed by atoms with Crippen molar-refractivity contribution in [1.82, 2.24) is 0 Å². The summed E-state index contributed by atoms with van der Waals surface area (Å²) in [5.74, 6) is -1.86. The molecule has 1 aromatic rings. The van der Waals surface area contributed by atoms with Gasteiger partial charge in [-0.25, -0.2) is 4.79 Å².